The Labute approximate surface area is 141 Å². The van der Waals surface area contributed by atoms with Gasteiger partial charge in [-0.2, -0.15) is 0 Å². The molecule has 1 aromatic rings. The minimum atomic E-state index is -0.382. The van der Waals surface area contributed by atoms with E-state index in [4.69, 9.17) is 0 Å². The summed E-state index contributed by atoms with van der Waals surface area (Å²) in [5.74, 6) is 0. The first-order chi connectivity index (χ1) is 10.8. The quantitative estimate of drug-likeness (QED) is 0.875. The summed E-state index contributed by atoms with van der Waals surface area (Å²) in [4.78, 5) is 2.38. The van der Waals surface area contributed by atoms with E-state index in [-0.39, 0.29) is 23.5 Å². The summed E-state index contributed by atoms with van der Waals surface area (Å²) >= 11 is 0. The predicted molar refractivity (Wildman–Crippen MR) is 95.5 cm³/mol. The molecule has 1 saturated heterocycles. The van der Waals surface area contributed by atoms with Crippen LogP contribution in [0.15, 0.2) is 24.3 Å². The van der Waals surface area contributed by atoms with Crippen molar-refractivity contribution < 1.29 is 10.2 Å². The van der Waals surface area contributed by atoms with Gasteiger partial charge in [0.25, 0.3) is 0 Å². The first kappa shape index (κ1) is 18.4. The smallest absolute Gasteiger partial charge is 0.0642 e. The van der Waals surface area contributed by atoms with E-state index in [1.165, 1.54) is 11.1 Å². The van der Waals surface area contributed by atoms with Crippen molar-refractivity contribution in [2.45, 2.75) is 65.0 Å². The Bertz CT molecular complexity index is 491. The molecule has 0 saturated carbocycles. The second kappa shape index (κ2) is 7.33. The van der Waals surface area contributed by atoms with Crippen LogP contribution in [0.4, 0.5) is 0 Å². The van der Waals surface area contributed by atoms with Crippen molar-refractivity contribution in [3.8, 4) is 0 Å². The van der Waals surface area contributed by atoms with Crippen molar-refractivity contribution >= 4 is 0 Å². The summed E-state index contributed by atoms with van der Waals surface area (Å²) in [6.45, 7) is 11.4. The lowest BCUT2D eigenvalue weighted by Gasteiger charge is -2.45. The molecule has 3 nitrogen and oxygen atoms in total. The van der Waals surface area contributed by atoms with E-state index < -0.39 is 0 Å². The number of nitrogens with zero attached hydrogens (tertiary/aromatic N) is 1. The number of aliphatic hydroxyl groups excluding tert-OH is 2. The van der Waals surface area contributed by atoms with E-state index >= 15 is 0 Å². The predicted octanol–water partition coefficient (Wildman–Crippen LogP) is 3.33. The van der Waals surface area contributed by atoms with Gasteiger partial charge in [0.2, 0.25) is 0 Å². The van der Waals surface area contributed by atoms with Crippen molar-refractivity contribution in [3.05, 3.63) is 35.4 Å². The Morgan fingerprint density at radius 2 is 1.87 bits per heavy atom. The Hall–Kier alpha value is -0.900. The number of hydrogen-bond donors (Lipinski definition) is 2. The van der Waals surface area contributed by atoms with Gasteiger partial charge in [-0.3, -0.25) is 4.90 Å². The van der Waals surface area contributed by atoms with E-state index in [2.05, 4.69) is 56.9 Å². The molecule has 1 heterocycles. The molecule has 2 N–H and O–H groups in total. The Balaban J connectivity index is 2.05. The third-order valence-electron chi connectivity index (χ3n) is 5.25. The zero-order chi connectivity index (χ0) is 17.1. The van der Waals surface area contributed by atoms with Gasteiger partial charge in [0.15, 0.2) is 0 Å². The highest BCUT2D eigenvalue weighted by molar-refractivity contribution is 5.27. The second-order valence-electron chi connectivity index (χ2n) is 8.23. The molecule has 0 radical (unpaired) electrons. The third-order valence-corrected chi connectivity index (χ3v) is 5.25. The average molecular weight is 319 g/mol. The van der Waals surface area contributed by atoms with Crippen molar-refractivity contribution in [3.63, 3.8) is 0 Å². The lowest BCUT2D eigenvalue weighted by molar-refractivity contribution is -0.0819. The SMILES string of the molecule is CCC[C@@]1(CO)CN(Cc2ccc(C(C)(C)C)cc2)CC[C@H]1O. The van der Waals surface area contributed by atoms with Crippen LogP contribution in [0.3, 0.4) is 0 Å². The molecular weight excluding hydrogens is 286 g/mol. The maximum atomic E-state index is 10.4. The Kier molecular flexibility index (Phi) is 5.88. The highest BCUT2D eigenvalue weighted by atomic mass is 16.3. The van der Waals surface area contributed by atoms with Gasteiger partial charge in [-0.1, -0.05) is 58.4 Å². The molecule has 23 heavy (non-hydrogen) atoms. The molecule has 3 heteroatoms. The van der Waals surface area contributed by atoms with Gasteiger partial charge < -0.3 is 10.2 Å². The first-order valence-corrected chi connectivity index (χ1v) is 8.91. The van der Waals surface area contributed by atoms with Crippen molar-refractivity contribution in [2.24, 2.45) is 5.41 Å². The minimum Gasteiger partial charge on any atom is -0.396 e. The fraction of sp³-hybridized carbons (Fsp3) is 0.700. The molecule has 1 aromatic carbocycles. The van der Waals surface area contributed by atoms with E-state index in [0.29, 0.717) is 0 Å². The zero-order valence-corrected chi connectivity index (χ0v) is 15.2. The molecule has 0 unspecified atom stereocenters. The molecule has 130 valence electrons. The van der Waals surface area contributed by atoms with Gasteiger partial charge in [0, 0.05) is 25.0 Å². The number of aliphatic hydroxyl groups is 2. The summed E-state index contributed by atoms with van der Waals surface area (Å²) in [5.41, 5.74) is 2.49. The normalized spacial score (nSPS) is 26.4. The monoisotopic (exact) mass is 319 g/mol. The highest BCUT2D eigenvalue weighted by Crippen LogP contribution is 2.35. The largest absolute Gasteiger partial charge is 0.396 e. The lowest BCUT2D eigenvalue weighted by atomic mass is 9.74. The van der Waals surface area contributed by atoms with Crippen molar-refractivity contribution in [2.75, 3.05) is 19.7 Å². The Morgan fingerprint density at radius 3 is 2.39 bits per heavy atom. The molecule has 0 spiro atoms. The molecule has 2 rings (SSSR count). The number of benzene rings is 1. The number of rotatable bonds is 5. The van der Waals surface area contributed by atoms with Crippen LogP contribution in [-0.2, 0) is 12.0 Å². The van der Waals surface area contributed by atoms with Crippen LogP contribution in [0, 0.1) is 5.41 Å². The lowest BCUT2D eigenvalue weighted by Crippen LogP contribution is -2.53. The number of piperidine rings is 1. The molecule has 0 aliphatic carbocycles. The van der Waals surface area contributed by atoms with Gasteiger partial charge in [0.1, 0.15) is 0 Å². The topological polar surface area (TPSA) is 43.7 Å². The van der Waals surface area contributed by atoms with Crippen LogP contribution in [0.1, 0.15) is 58.1 Å². The van der Waals surface area contributed by atoms with Gasteiger partial charge in [-0.25, -0.2) is 0 Å². The molecule has 2 atom stereocenters. The first-order valence-electron chi connectivity index (χ1n) is 8.91. The molecule has 1 fully saturated rings. The molecular formula is C20H33NO2. The van der Waals surface area contributed by atoms with Crippen LogP contribution >= 0.6 is 0 Å². The van der Waals surface area contributed by atoms with E-state index in [1.807, 2.05) is 0 Å². The zero-order valence-electron chi connectivity index (χ0n) is 15.2. The van der Waals surface area contributed by atoms with E-state index in [0.717, 1.165) is 38.9 Å². The van der Waals surface area contributed by atoms with E-state index in [9.17, 15) is 10.2 Å². The summed E-state index contributed by atoms with van der Waals surface area (Å²) in [6, 6.07) is 8.87. The fourth-order valence-electron chi connectivity index (χ4n) is 3.72. The van der Waals surface area contributed by atoms with Crippen LogP contribution < -0.4 is 0 Å². The number of likely N-dealkylation sites (tertiary alicyclic amines) is 1. The second-order valence-corrected chi connectivity index (χ2v) is 8.23. The molecule has 0 aromatic heterocycles. The van der Waals surface area contributed by atoms with Crippen LogP contribution in [0.2, 0.25) is 0 Å². The summed E-state index contributed by atoms with van der Waals surface area (Å²) in [7, 11) is 0. The van der Waals surface area contributed by atoms with Gasteiger partial charge in [-0.15, -0.1) is 0 Å². The molecule has 1 aliphatic rings. The van der Waals surface area contributed by atoms with Crippen LogP contribution in [0.5, 0.6) is 0 Å². The highest BCUT2D eigenvalue weighted by Gasteiger charge is 2.41. The minimum absolute atomic E-state index is 0.0709. The molecule has 1 aliphatic heterocycles. The molecule has 0 bridgehead atoms. The summed E-state index contributed by atoms with van der Waals surface area (Å²) in [5, 5.41) is 20.2. The Morgan fingerprint density at radius 1 is 1.22 bits per heavy atom. The average Bonchev–Trinajstić information content (AvgIpc) is 2.50. The van der Waals surface area contributed by atoms with Crippen LogP contribution in [0.25, 0.3) is 0 Å². The van der Waals surface area contributed by atoms with Gasteiger partial charge >= 0.3 is 0 Å². The van der Waals surface area contributed by atoms with Crippen molar-refractivity contribution in [1.29, 1.82) is 0 Å². The number of hydrogen-bond acceptors (Lipinski definition) is 3. The van der Waals surface area contributed by atoms with Crippen molar-refractivity contribution in [1.82, 2.24) is 4.90 Å². The maximum Gasteiger partial charge on any atom is 0.0642 e. The maximum absolute atomic E-state index is 10.4. The summed E-state index contributed by atoms with van der Waals surface area (Å²) in [6.07, 6.45) is 2.24. The van der Waals surface area contributed by atoms with Crippen LogP contribution in [-0.4, -0.2) is 40.9 Å². The molecule has 0 amide bonds. The fourth-order valence-corrected chi connectivity index (χ4v) is 3.72. The van der Waals surface area contributed by atoms with E-state index in [1.54, 1.807) is 0 Å². The summed E-state index contributed by atoms with van der Waals surface area (Å²) < 4.78 is 0. The standard InChI is InChI=1S/C20H33NO2/c1-5-11-20(15-22)14-21(12-10-18(20)23)13-16-6-8-17(9-7-16)19(2,3)4/h6-9,18,22-23H,5,10-15H2,1-4H3/t18-,20+/m1/s1. The van der Waals surface area contributed by atoms with Gasteiger partial charge in [-0.05, 0) is 29.4 Å². The van der Waals surface area contributed by atoms with Gasteiger partial charge in [0.05, 0.1) is 12.7 Å². The third kappa shape index (κ3) is 4.34.